The highest BCUT2D eigenvalue weighted by atomic mass is 16.6. The molecule has 1 aromatic rings. The van der Waals surface area contributed by atoms with Crippen molar-refractivity contribution >= 4 is 12.0 Å². The predicted molar refractivity (Wildman–Crippen MR) is 120 cm³/mol. The van der Waals surface area contributed by atoms with E-state index in [0.29, 0.717) is 31.8 Å². The van der Waals surface area contributed by atoms with E-state index < -0.39 is 5.60 Å². The van der Waals surface area contributed by atoms with Gasteiger partial charge in [-0.25, -0.2) is 4.79 Å². The van der Waals surface area contributed by atoms with E-state index in [2.05, 4.69) is 55.4 Å². The van der Waals surface area contributed by atoms with Crippen molar-refractivity contribution in [1.29, 1.82) is 0 Å². The van der Waals surface area contributed by atoms with Gasteiger partial charge in [0.15, 0.2) is 0 Å². The van der Waals surface area contributed by atoms with E-state index in [-0.39, 0.29) is 24.0 Å². The second-order valence-electron chi connectivity index (χ2n) is 9.78. The lowest BCUT2D eigenvalue weighted by atomic mass is 9.94. The zero-order chi connectivity index (χ0) is 22.3. The first-order valence-electron chi connectivity index (χ1n) is 11.1. The van der Waals surface area contributed by atoms with Crippen molar-refractivity contribution in [3.8, 4) is 0 Å². The fourth-order valence-electron chi connectivity index (χ4n) is 3.67. The number of nitrogens with zero attached hydrogens (tertiary/aromatic N) is 2. The van der Waals surface area contributed by atoms with Gasteiger partial charge in [-0.2, -0.15) is 0 Å². The lowest BCUT2D eigenvalue weighted by molar-refractivity contribution is -0.127. The number of carbonyl (C=O) groups excluding carboxylic acids is 2. The molecule has 0 spiro atoms. The van der Waals surface area contributed by atoms with Crippen LogP contribution in [0.25, 0.3) is 0 Å². The molecule has 1 N–H and O–H groups in total. The number of nitrogens with one attached hydrogen (secondary N) is 1. The number of rotatable bonds is 7. The highest BCUT2D eigenvalue weighted by molar-refractivity contribution is 5.79. The van der Waals surface area contributed by atoms with Gasteiger partial charge in [0.2, 0.25) is 5.91 Å². The summed E-state index contributed by atoms with van der Waals surface area (Å²) in [6, 6.07) is 10.5. The molecule has 0 radical (unpaired) electrons. The van der Waals surface area contributed by atoms with Crippen molar-refractivity contribution < 1.29 is 14.3 Å². The zero-order valence-electron chi connectivity index (χ0n) is 19.5. The molecule has 0 aromatic heterocycles. The maximum Gasteiger partial charge on any atom is 0.410 e. The average molecular weight is 418 g/mol. The molecule has 30 heavy (non-hydrogen) atoms. The second kappa shape index (κ2) is 10.8. The van der Waals surface area contributed by atoms with Crippen LogP contribution in [0.2, 0.25) is 0 Å². The number of hydrogen-bond acceptors (Lipinski definition) is 4. The zero-order valence-corrected chi connectivity index (χ0v) is 19.5. The normalized spacial score (nSPS) is 16.6. The molecule has 1 saturated heterocycles. The molecule has 1 heterocycles. The quantitative estimate of drug-likeness (QED) is 0.731. The van der Waals surface area contributed by atoms with Gasteiger partial charge in [0.1, 0.15) is 5.60 Å². The van der Waals surface area contributed by atoms with Crippen LogP contribution in [0, 0.1) is 11.8 Å². The fourth-order valence-corrected chi connectivity index (χ4v) is 3.67. The van der Waals surface area contributed by atoms with E-state index in [1.54, 1.807) is 4.90 Å². The molecular weight excluding hydrogens is 378 g/mol. The first-order chi connectivity index (χ1) is 14.0. The molecule has 6 nitrogen and oxygen atoms in total. The smallest absolute Gasteiger partial charge is 0.410 e. The summed E-state index contributed by atoms with van der Waals surface area (Å²) in [5.74, 6) is 0.393. The molecule has 0 bridgehead atoms. The molecule has 1 fully saturated rings. The van der Waals surface area contributed by atoms with Crippen LogP contribution >= 0.6 is 0 Å². The molecule has 0 aliphatic carbocycles. The van der Waals surface area contributed by atoms with E-state index >= 15 is 0 Å². The summed E-state index contributed by atoms with van der Waals surface area (Å²) in [4.78, 5) is 29.1. The highest BCUT2D eigenvalue weighted by Gasteiger charge is 2.31. The monoisotopic (exact) mass is 417 g/mol. The van der Waals surface area contributed by atoms with Crippen molar-refractivity contribution in [3.05, 3.63) is 35.9 Å². The third-order valence-electron chi connectivity index (χ3n) is 5.45. The van der Waals surface area contributed by atoms with Gasteiger partial charge in [-0.1, -0.05) is 44.2 Å². The van der Waals surface area contributed by atoms with Crippen molar-refractivity contribution in [3.63, 3.8) is 0 Å². The lowest BCUT2D eigenvalue weighted by Crippen LogP contribution is -2.50. The summed E-state index contributed by atoms with van der Waals surface area (Å²) in [6.45, 7) is 12.7. The molecule has 1 aromatic carbocycles. The molecule has 1 aliphatic rings. The van der Waals surface area contributed by atoms with Crippen molar-refractivity contribution in [2.24, 2.45) is 11.8 Å². The van der Waals surface area contributed by atoms with Crippen molar-refractivity contribution in [2.75, 3.05) is 26.7 Å². The Labute approximate surface area is 182 Å². The van der Waals surface area contributed by atoms with Crippen molar-refractivity contribution in [2.45, 2.75) is 65.6 Å². The Morgan fingerprint density at radius 1 is 1.17 bits per heavy atom. The molecule has 1 atom stereocenters. The molecule has 6 heteroatoms. The van der Waals surface area contributed by atoms with Crippen LogP contribution in [-0.4, -0.2) is 60.1 Å². The topological polar surface area (TPSA) is 61.9 Å². The number of amides is 2. The van der Waals surface area contributed by atoms with E-state index in [4.69, 9.17) is 4.74 Å². The van der Waals surface area contributed by atoms with E-state index in [9.17, 15) is 9.59 Å². The van der Waals surface area contributed by atoms with Gasteiger partial charge in [0.25, 0.3) is 0 Å². The molecule has 0 unspecified atom stereocenters. The predicted octanol–water partition coefficient (Wildman–Crippen LogP) is 3.91. The van der Waals surface area contributed by atoms with E-state index in [1.807, 2.05) is 26.8 Å². The van der Waals surface area contributed by atoms with Gasteiger partial charge in [0, 0.05) is 38.1 Å². The Hall–Kier alpha value is -2.08. The minimum absolute atomic E-state index is 0.0515. The first kappa shape index (κ1) is 24.2. The minimum atomic E-state index is -0.498. The molecule has 1 aliphatic heterocycles. The van der Waals surface area contributed by atoms with Gasteiger partial charge in [-0.15, -0.1) is 0 Å². The van der Waals surface area contributed by atoms with E-state index in [1.165, 1.54) is 5.56 Å². The van der Waals surface area contributed by atoms with Gasteiger partial charge in [-0.05, 0) is 52.1 Å². The number of ether oxygens (including phenoxy) is 1. The van der Waals surface area contributed by atoms with Crippen LogP contribution in [0.1, 0.15) is 53.0 Å². The Morgan fingerprint density at radius 3 is 2.30 bits per heavy atom. The van der Waals surface area contributed by atoms with Crippen LogP contribution in [-0.2, 0) is 16.1 Å². The fraction of sp³-hybridized carbons (Fsp3) is 0.667. The summed E-state index contributed by atoms with van der Waals surface area (Å²) >= 11 is 0. The van der Waals surface area contributed by atoms with Gasteiger partial charge < -0.3 is 19.9 Å². The van der Waals surface area contributed by atoms with Crippen LogP contribution < -0.4 is 5.32 Å². The van der Waals surface area contributed by atoms with Gasteiger partial charge in [-0.3, -0.25) is 4.79 Å². The van der Waals surface area contributed by atoms with Crippen LogP contribution in [0.4, 0.5) is 4.79 Å². The Balaban J connectivity index is 1.83. The largest absolute Gasteiger partial charge is 0.444 e. The number of hydrogen-bond donors (Lipinski definition) is 1. The minimum Gasteiger partial charge on any atom is -0.444 e. The average Bonchev–Trinajstić information content (AvgIpc) is 2.66. The van der Waals surface area contributed by atoms with Gasteiger partial charge in [0.05, 0.1) is 0 Å². The Morgan fingerprint density at radius 2 is 1.77 bits per heavy atom. The van der Waals surface area contributed by atoms with Crippen molar-refractivity contribution in [1.82, 2.24) is 15.1 Å². The molecule has 2 rings (SSSR count). The van der Waals surface area contributed by atoms with Crippen LogP contribution in [0.5, 0.6) is 0 Å². The number of likely N-dealkylation sites (N-methyl/N-ethyl adjacent to an activating group) is 1. The second-order valence-corrected chi connectivity index (χ2v) is 9.78. The lowest BCUT2D eigenvalue weighted by Gasteiger charge is -2.34. The number of piperidine rings is 1. The third-order valence-corrected chi connectivity index (χ3v) is 5.45. The highest BCUT2D eigenvalue weighted by Crippen LogP contribution is 2.20. The molecule has 2 amide bonds. The maximum absolute atomic E-state index is 12.9. The standard InChI is InChI=1S/C24H39N3O3/c1-18(2)21(17-26(6)16-19-10-8-7-9-11-19)25-22(28)20-12-14-27(15-13-20)23(29)30-24(3,4)5/h7-11,18,20-21H,12-17H2,1-6H3,(H,25,28)/t21-/m1/s1. The first-order valence-corrected chi connectivity index (χ1v) is 11.1. The van der Waals surface area contributed by atoms with E-state index in [0.717, 1.165) is 13.1 Å². The molecule has 168 valence electrons. The van der Waals surface area contributed by atoms with Crippen LogP contribution in [0.3, 0.4) is 0 Å². The molecule has 0 saturated carbocycles. The molecular formula is C24H39N3O3. The maximum atomic E-state index is 12.9. The Bertz CT molecular complexity index is 677. The summed E-state index contributed by atoms with van der Waals surface area (Å²) in [5.41, 5.74) is 0.769. The summed E-state index contributed by atoms with van der Waals surface area (Å²) in [7, 11) is 2.09. The number of benzene rings is 1. The SMILES string of the molecule is CC(C)[C@@H](CN(C)Cc1ccccc1)NC(=O)C1CCN(C(=O)OC(C)(C)C)CC1. The Kier molecular flexibility index (Phi) is 8.71. The summed E-state index contributed by atoms with van der Waals surface area (Å²) in [6.07, 6.45) is 1.06. The summed E-state index contributed by atoms with van der Waals surface area (Å²) < 4.78 is 5.44. The number of carbonyl (C=O) groups is 2. The van der Waals surface area contributed by atoms with Gasteiger partial charge >= 0.3 is 6.09 Å². The summed E-state index contributed by atoms with van der Waals surface area (Å²) in [5, 5.41) is 3.27. The third kappa shape index (κ3) is 7.98. The van der Waals surface area contributed by atoms with Crippen LogP contribution in [0.15, 0.2) is 30.3 Å². The number of likely N-dealkylation sites (tertiary alicyclic amines) is 1.